The fourth-order valence-corrected chi connectivity index (χ4v) is 3.67. The van der Waals surface area contributed by atoms with Crippen molar-refractivity contribution in [2.75, 3.05) is 24.6 Å². The maximum absolute atomic E-state index is 11.6. The number of phenolic OH excluding ortho intramolecular Hbond substituents is 1. The molecule has 1 fully saturated rings. The average molecular weight is 269 g/mol. The summed E-state index contributed by atoms with van der Waals surface area (Å²) in [6.07, 6.45) is 0.667. The number of para-hydroxylation sites is 1. The zero-order valence-electron chi connectivity index (χ0n) is 10.5. The quantitative estimate of drug-likeness (QED) is 0.885. The molecule has 4 nitrogen and oxygen atoms in total. The first-order chi connectivity index (χ1) is 8.49. The van der Waals surface area contributed by atoms with Gasteiger partial charge in [0.15, 0.2) is 9.84 Å². The third-order valence-corrected chi connectivity index (χ3v) is 5.24. The molecule has 1 aliphatic rings. The molecule has 0 saturated carbocycles. The molecule has 0 bridgehead atoms. The van der Waals surface area contributed by atoms with Crippen molar-refractivity contribution in [2.24, 2.45) is 0 Å². The third kappa shape index (κ3) is 3.03. The Morgan fingerprint density at radius 3 is 2.67 bits per heavy atom. The predicted molar refractivity (Wildman–Crippen MR) is 71.4 cm³/mol. The van der Waals surface area contributed by atoms with Crippen molar-refractivity contribution in [3.63, 3.8) is 0 Å². The molecule has 5 heteroatoms. The van der Waals surface area contributed by atoms with E-state index < -0.39 is 9.84 Å². The number of aromatic hydroxyl groups is 1. The second-order valence-electron chi connectivity index (χ2n) is 4.78. The Labute approximate surface area is 108 Å². The number of benzene rings is 1. The van der Waals surface area contributed by atoms with Gasteiger partial charge in [-0.3, -0.25) is 4.90 Å². The van der Waals surface area contributed by atoms with Crippen molar-refractivity contribution in [3.8, 4) is 5.75 Å². The van der Waals surface area contributed by atoms with Crippen molar-refractivity contribution in [1.82, 2.24) is 4.90 Å². The summed E-state index contributed by atoms with van der Waals surface area (Å²) in [6.45, 7) is 3.31. The molecule has 1 aromatic rings. The van der Waals surface area contributed by atoms with E-state index in [1.54, 1.807) is 12.1 Å². The van der Waals surface area contributed by atoms with Crippen LogP contribution in [0.3, 0.4) is 0 Å². The lowest BCUT2D eigenvalue weighted by Crippen LogP contribution is -2.30. The minimum atomic E-state index is -2.88. The maximum atomic E-state index is 11.6. The molecule has 100 valence electrons. The van der Waals surface area contributed by atoms with Crippen LogP contribution < -0.4 is 0 Å². The van der Waals surface area contributed by atoms with Crippen LogP contribution in [0.25, 0.3) is 0 Å². The molecular formula is C13H19NO3S. The van der Waals surface area contributed by atoms with E-state index in [1.165, 1.54) is 0 Å². The largest absolute Gasteiger partial charge is 0.508 e. The van der Waals surface area contributed by atoms with Gasteiger partial charge < -0.3 is 5.11 Å². The van der Waals surface area contributed by atoms with Crippen LogP contribution in [0.4, 0.5) is 0 Å². The maximum Gasteiger partial charge on any atom is 0.151 e. The van der Waals surface area contributed by atoms with E-state index in [0.717, 1.165) is 12.1 Å². The van der Waals surface area contributed by atoms with E-state index >= 15 is 0 Å². The van der Waals surface area contributed by atoms with Gasteiger partial charge in [0.25, 0.3) is 0 Å². The highest BCUT2D eigenvalue weighted by atomic mass is 32.2. The molecule has 1 N–H and O–H groups in total. The fraction of sp³-hybridized carbons (Fsp3) is 0.538. The van der Waals surface area contributed by atoms with Crippen molar-refractivity contribution in [1.29, 1.82) is 0 Å². The molecule has 0 aliphatic carbocycles. The number of phenols is 1. The summed E-state index contributed by atoms with van der Waals surface area (Å²) < 4.78 is 23.1. The van der Waals surface area contributed by atoms with Gasteiger partial charge in [0.2, 0.25) is 0 Å². The molecule has 1 heterocycles. The monoisotopic (exact) mass is 269 g/mol. The first-order valence-electron chi connectivity index (χ1n) is 6.22. The van der Waals surface area contributed by atoms with Crippen LogP contribution in [0.15, 0.2) is 24.3 Å². The van der Waals surface area contributed by atoms with E-state index in [1.807, 2.05) is 19.1 Å². The summed E-state index contributed by atoms with van der Waals surface area (Å²) in [6, 6.07) is 7.28. The molecule has 0 radical (unpaired) electrons. The summed E-state index contributed by atoms with van der Waals surface area (Å²) in [4.78, 5) is 2.12. The summed E-state index contributed by atoms with van der Waals surface area (Å²) in [5.41, 5.74) is 0.858. The summed E-state index contributed by atoms with van der Waals surface area (Å²) in [7, 11) is -2.88. The van der Waals surface area contributed by atoms with Crippen LogP contribution in [0.1, 0.15) is 24.9 Å². The van der Waals surface area contributed by atoms with Gasteiger partial charge in [-0.25, -0.2) is 8.42 Å². The SMILES string of the molecule is CC(c1ccccc1O)N1CCCS(=O)(=O)CC1. The molecule has 1 aliphatic heterocycles. The average Bonchev–Trinajstić information content (AvgIpc) is 2.50. The lowest BCUT2D eigenvalue weighted by atomic mass is 10.1. The van der Waals surface area contributed by atoms with Gasteiger partial charge in [-0.2, -0.15) is 0 Å². The van der Waals surface area contributed by atoms with Crippen LogP contribution >= 0.6 is 0 Å². The van der Waals surface area contributed by atoms with Crippen molar-refractivity contribution >= 4 is 9.84 Å². The van der Waals surface area contributed by atoms with Gasteiger partial charge in [0.05, 0.1) is 11.5 Å². The van der Waals surface area contributed by atoms with Gasteiger partial charge in [0.1, 0.15) is 5.75 Å². The van der Waals surface area contributed by atoms with E-state index in [2.05, 4.69) is 4.90 Å². The van der Waals surface area contributed by atoms with E-state index in [4.69, 9.17) is 0 Å². The fourth-order valence-electron chi connectivity index (χ4n) is 2.38. The zero-order chi connectivity index (χ0) is 13.2. The molecule has 1 atom stereocenters. The molecule has 1 saturated heterocycles. The highest BCUT2D eigenvalue weighted by Gasteiger charge is 2.24. The van der Waals surface area contributed by atoms with Gasteiger partial charge in [-0.05, 0) is 26.0 Å². The second kappa shape index (κ2) is 5.28. The summed E-state index contributed by atoms with van der Waals surface area (Å²) in [5, 5.41) is 9.84. The summed E-state index contributed by atoms with van der Waals surface area (Å²) >= 11 is 0. The van der Waals surface area contributed by atoms with Crippen LogP contribution in [0, 0.1) is 0 Å². The van der Waals surface area contributed by atoms with Crippen LogP contribution in [0.2, 0.25) is 0 Å². The number of rotatable bonds is 2. The van der Waals surface area contributed by atoms with Crippen molar-refractivity contribution in [3.05, 3.63) is 29.8 Å². The van der Waals surface area contributed by atoms with Crippen molar-refractivity contribution in [2.45, 2.75) is 19.4 Å². The minimum Gasteiger partial charge on any atom is -0.508 e. The van der Waals surface area contributed by atoms with E-state index in [9.17, 15) is 13.5 Å². The lowest BCUT2D eigenvalue weighted by molar-refractivity contribution is 0.224. The Morgan fingerprint density at radius 2 is 1.94 bits per heavy atom. The molecule has 0 amide bonds. The molecule has 0 spiro atoms. The Balaban J connectivity index is 2.15. The predicted octanol–water partition coefficient (Wildman–Crippen LogP) is 1.57. The first kappa shape index (κ1) is 13.4. The molecular weight excluding hydrogens is 250 g/mol. The molecule has 1 unspecified atom stereocenters. The number of sulfone groups is 1. The topological polar surface area (TPSA) is 57.6 Å². The van der Waals surface area contributed by atoms with E-state index in [-0.39, 0.29) is 23.3 Å². The Hall–Kier alpha value is -1.07. The molecule has 18 heavy (non-hydrogen) atoms. The first-order valence-corrected chi connectivity index (χ1v) is 8.04. The minimum absolute atomic E-state index is 0.0412. The zero-order valence-corrected chi connectivity index (χ0v) is 11.4. The third-order valence-electron chi connectivity index (χ3n) is 3.52. The Bertz CT molecular complexity index is 513. The molecule has 0 aromatic heterocycles. The smallest absolute Gasteiger partial charge is 0.151 e. The Morgan fingerprint density at radius 1 is 1.22 bits per heavy atom. The second-order valence-corrected chi connectivity index (χ2v) is 7.08. The lowest BCUT2D eigenvalue weighted by Gasteiger charge is -2.27. The van der Waals surface area contributed by atoms with Crippen molar-refractivity contribution < 1.29 is 13.5 Å². The van der Waals surface area contributed by atoms with E-state index in [0.29, 0.717) is 13.0 Å². The number of hydrogen-bond acceptors (Lipinski definition) is 4. The molecule has 2 rings (SSSR count). The summed E-state index contributed by atoms with van der Waals surface area (Å²) in [5.74, 6) is 0.763. The van der Waals surface area contributed by atoms with Crippen LogP contribution in [0.5, 0.6) is 5.75 Å². The highest BCUT2D eigenvalue weighted by molar-refractivity contribution is 7.91. The number of nitrogens with zero attached hydrogens (tertiary/aromatic N) is 1. The van der Waals surface area contributed by atoms with Gasteiger partial charge in [-0.15, -0.1) is 0 Å². The number of hydrogen-bond donors (Lipinski definition) is 1. The molecule has 1 aromatic carbocycles. The standard InChI is InChI=1S/C13H19NO3S/c1-11(12-5-2-3-6-13(12)15)14-7-4-9-18(16,17)10-8-14/h2-3,5-6,11,15H,4,7-10H2,1H3. The normalized spacial score (nSPS) is 22.3. The van der Waals surface area contributed by atoms with Gasteiger partial charge in [-0.1, -0.05) is 18.2 Å². The van der Waals surface area contributed by atoms with Crippen LogP contribution in [-0.4, -0.2) is 43.0 Å². The van der Waals surface area contributed by atoms with Gasteiger partial charge in [0, 0.05) is 18.2 Å². The van der Waals surface area contributed by atoms with Crippen LogP contribution in [-0.2, 0) is 9.84 Å². The van der Waals surface area contributed by atoms with Gasteiger partial charge >= 0.3 is 0 Å². The highest BCUT2D eigenvalue weighted by Crippen LogP contribution is 2.28. The Kier molecular flexibility index (Phi) is 3.92.